The van der Waals surface area contributed by atoms with Crippen molar-refractivity contribution in [2.45, 2.75) is 25.6 Å². The van der Waals surface area contributed by atoms with Gasteiger partial charge in [0, 0.05) is 30.1 Å². The van der Waals surface area contributed by atoms with E-state index in [0.29, 0.717) is 0 Å². The molecule has 0 aliphatic heterocycles. The molecule has 0 heterocycles. The highest BCUT2D eigenvalue weighted by Gasteiger charge is 2.27. The minimum Gasteiger partial charge on any atom is -0.480 e. The number of amides is 1. The van der Waals surface area contributed by atoms with Gasteiger partial charge in [0.1, 0.15) is 12.6 Å². The van der Waals surface area contributed by atoms with Crippen molar-refractivity contribution in [2.24, 2.45) is 0 Å². The molecule has 0 saturated carbocycles. The first-order valence-corrected chi connectivity index (χ1v) is 7.10. The van der Waals surface area contributed by atoms with E-state index in [2.05, 4.69) is 10.1 Å². The highest BCUT2D eigenvalue weighted by Crippen LogP contribution is 2.14. The number of aliphatic carboxylic acids is 1. The molecule has 0 aliphatic carbocycles. The van der Waals surface area contributed by atoms with Crippen LogP contribution in [0.1, 0.15) is 13.3 Å². The van der Waals surface area contributed by atoms with Crippen LogP contribution in [0.5, 0.6) is 0 Å². The summed E-state index contributed by atoms with van der Waals surface area (Å²) in [5.74, 6) is -2.18. The minimum atomic E-state index is -4.40. The summed E-state index contributed by atoms with van der Waals surface area (Å²) in [4.78, 5) is 21.5. The number of carbonyl (C=O) groups excluding carboxylic acids is 1. The van der Waals surface area contributed by atoms with Crippen LogP contribution in [0.4, 0.5) is 13.2 Å². The topological polar surface area (TPSA) is 92.7 Å². The van der Waals surface area contributed by atoms with Crippen LogP contribution in [-0.2, 0) is 25.1 Å². The monoisotopic (exact) mass is 319 g/mol. The van der Waals surface area contributed by atoms with Gasteiger partial charge in [-0.2, -0.15) is 13.2 Å². The first kappa shape index (κ1) is 18.8. The molecule has 0 radical (unpaired) electrons. The number of carboxylic acid groups (broad SMARTS) is 1. The van der Waals surface area contributed by atoms with Crippen molar-refractivity contribution < 1.29 is 36.8 Å². The van der Waals surface area contributed by atoms with Crippen molar-refractivity contribution in [1.82, 2.24) is 5.32 Å². The fraction of sp³-hybridized carbons (Fsp3) is 0.800. The third-order valence-corrected chi connectivity index (χ3v) is 3.40. The third kappa shape index (κ3) is 10.7. The Morgan fingerprint density at radius 2 is 2.00 bits per heavy atom. The van der Waals surface area contributed by atoms with E-state index in [1.807, 2.05) is 0 Å². The van der Waals surface area contributed by atoms with Crippen molar-refractivity contribution in [3.63, 3.8) is 0 Å². The van der Waals surface area contributed by atoms with Crippen LogP contribution in [0.25, 0.3) is 0 Å². The molecule has 0 aromatic heterocycles. The Balaban J connectivity index is 3.91. The number of alkyl halides is 3. The minimum absolute atomic E-state index is 0.00121. The Morgan fingerprint density at radius 3 is 2.45 bits per heavy atom. The van der Waals surface area contributed by atoms with Crippen LogP contribution >= 0.6 is 0 Å². The molecule has 2 N–H and O–H groups in total. The first-order valence-electron chi connectivity index (χ1n) is 5.61. The van der Waals surface area contributed by atoms with E-state index in [9.17, 15) is 27.0 Å². The fourth-order valence-corrected chi connectivity index (χ4v) is 2.40. The lowest BCUT2D eigenvalue weighted by Crippen LogP contribution is -2.43. The van der Waals surface area contributed by atoms with Gasteiger partial charge in [0.25, 0.3) is 0 Å². The van der Waals surface area contributed by atoms with Gasteiger partial charge in [0.15, 0.2) is 0 Å². The van der Waals surface area contributed by atoms with Gasteiger partial charge in [0.05, 0.1) is 5.75 Å². The molecule has 6 nitrogen and oxygen atoms in total. The van der Waals surface area contributed by atoms with Crippen LogP contribution in [-0.4, -0.2) is 58.1 Å². The van der Waals surface area contributed by atoms with Crippen LogP contribution in [0.2, 0.25) is 0 Å². The van der Waals surface area contributed by atoms with Gasteiger partial charge in [-0.05, 0) is 6.42 Å². The van der Waals surface area contributed by atoms with Crippen LogP contribution in [0.15, 0.2) is 0 Å². The molecule has 0 saturated heterocycles. The molecular formula is C10H16F3NO5S. The van der Waals surface area contributed by atoms with E-state index in [0.717, 1.165) is 6.92 Å². The number of carbonyl (C=O) groups is 2. The normalized spacial score (nSPS) is 14.6. The zero-order chi connectivity index (χ0) is 15.8. The maximum absolute atomic E-state index is 11.7. The Bertz CT molecular complexity index is 361. The lowest BCUT2D eigenvalue weighted by atomic mass is 10.3. The van der Waals surface area contributed by atoms with E-state index < -0.39 is 41.5 Å². The average molecular weight is 319 g/mol. The van der Waals surface area contributed by atoms with Gasteiger partial charge >= 0.3 is 12.1 Å². The van der Waals surface area contributed by atoms with Crippen molar-refractivity contribution >= 4 is 22.7 Å². The summed E-state index contributed by atoms with van der Waals surface area (Å²) < 4.78 is 51.0. The molecule has 2 atom stereocenters. The summed E-state index contributed by atoms with van der Waals surface area (Å²) >= 11 is 0. The van der Waals surface area contributed by atoms with Crippen LogP contribution in [0, 0.1) is 0 Å². The quantitative estimate of drug-likeness (QED) is 0.596. The van der Waals surface area contributed by atoms with Gasteiger partial charge in [-0.25, -0.2) is 4.79 Å². The second kappa shape index (κ2) is 8.90. The number of halogens is 3. The molecule has 10 heteroatoms. The molecule has 0 aliphatic rings. The molecule has 0 fully saturated rings. The van der Waals surface area contributed by atoms with Gasteiger partial charge in [-0.15, -0.1) is 0 Å². The SMILES string of the molecule is CC(=O)N[C@@H](CS(=O)CCCOCC(F)(F)F)C(=O)O. The Hall–Kier alpha value is -1.16. The largest absolute Gasteiger partial charge is 0.480 e. The second-order valence-electron chi connectivity index (χ2n) is 3.92. The summed E-state index contributed by atoms with van der Waals surface area (Å²) in [6.07, 6.45) is -4.30. The van der Waals surface area contributed by atoms with E-state index in [1.54, 1.807) is 0 Å². The maximum atomic E-state index is 11.7. The van der Waals surface area contributed by atoms with Crippen molar-refractivity contribution in [3.05, 3.63) is 0 Å². The standard InChI is InChI=1S/C10H16F3NO5S/c1-7(15)14-8(9(16)17)5-20(18)4-2-3-19-6-10(11,12)13/h8H,2-6H2,1H3,(H,14,15)(H,16,17)/t8-,20?/m0/s1. The molecule has 0 aromatic rings. The third-order valence-electron chi connectivity index (χ3n) is 1.95. The van der Waals surface area contributed by atoms with Gasteiger partial charge in [0.2, 0.25) is 5.91 Å². The van der Waals surface area contributed by atoms with Crippen molar-refractivity contribution in [1.29, 1.82) is 0 Å². The predicted molar refractivity (Wildman–Crippen MR) is 64.6 cm³/mol. The van der Waals surface area contributed by atoms with Gasteiger partial charge in [-0.3, -0.25) is 9.00 Å². The van der Waals surface area contributed by atoms with Crippen LogP contribution in [0.3, 0.4) is 0 Å². The maximum Gasteiger partial charge on any atom is 0.411 e. The average Bonchev–Trinajstić information content (AvgIpc) is 2.25. The summed E-state index contributed by atoms with van der Waals surface area (Å²) in [5, 5.41) is 10.9. The van der Waals surface area contributed by atoms with Crippen molar-refractivity contribution in [2.75, 3.05) is 24.7 Å². The summed E-state index contributed by atoms with van der Waals surface area (Å²) in [6, 6.07) is -1.27. The smallest absolute Gasteiger partial charge is 0.411 e. The molecule has 20 heavy (non-hydrogen) atoms. The number of carboxylic acids is 1. The zero-order valence-electron chi connectivity index (χ0n) is 10.7. The number of hydrogen-bond donors (Lipinski definition) is 2. The highest BCUT2D eigenvalue weighted by molar-refractivity contribution is 7.85. The molecule has 0 rings (SSSR count). The number of hydrogen-bond acceptors (Lipinski definition) is 4. The predicted octanol–water partition coefficient (Wildman–Crippen LogP) is 0.293. The lowest BCUT2D eigenvalue weighted by molar-refractivity contribution is -0.173. The Labute approximate surface area is 116 Å². The lowest BCUT2D eigenvalue weighted by Gasteiger charge is -2.12. The molecular weight excluding hydrogens is 303 g/mol. The van der Waals surface area contributed by atoms with Gasteiger partial charge in [-0.1, -0.05) is 0 Å². The second-order valence-corrected chi connectivity index (χ2v) is 5.54. The molecule has 1 unspecified atom stereocenters. The molecule has 1 amide bonds. The van der Waals surface area contributed by atoms with Gasteiger partial charge < -0.3 is 15.2 Å². The Morgan fingerprint density at radius 1 is 1.40 bits per heavy atom. The van der Waals surface area contributed by atoms with E-state index in [1.165, 1.54) is 0 Å². The molecule has 0 bridgehead atoms. The number of ether oxygens (including phenoxy) is 1. The number of rotatable bonds is 9. The van der Waals surface area contributed by atoms with E-state index >= 15 is 0 Å². The summed E-state index contributed by atoms with van der Waals surface area (Å²) in [6.45, 7) is -0.462. The molecule has 0 spiro atoms. The molecule has 0 aromatic carbocycles. The first-order chi connectivity index (χ1) is 9.11. The number of nitrogens with one attached hydrogen (secondary N) is 1. The molecule has 118 valence electrons. The van der Waals surface area contributed by atoms with Crippen LogP contribution < -0.4 is 5.32 Å². The van der Waals surface area contributed by atoms with E-state index in [4.69, 9.17) is 5.11 Å². The fourth-order valence-electron chi connectivity index (χ4n) is 1.20. The van der Waals surface area contributed by atoms with Crippen molar-refractivity contribution in [3.8, 4) is 0 Å². The summed E-state index contributed by atoms with van der Waals surface area (Å²) in [5.41, 5.74) is 0. The summed E-state index contributed by atoms with van der Waals surface area (Å²) in [7, 11) is -1.57. The zero-order valence-corrected chi connectivity index (χ0v) is 11.6. The highest BCUT2D eigenvalue weighted by atomic mass is 32.2. The van der Waals surface area contributed by atoms with E-state index in [-0.39, 0.29) is 24.5 Å². The Kier molecular flexibility index (Phi) is 8.39.